The van der Waals surface area contributed by atoms with Gasteiger partial charge >= 0.3 is 0 Å². The molecule has 0 unspecified atom stereocenters. The molecular weight excluding hydrogens is 541 g/mol. The second-order valence-electron chi connectivity index (χ2n) is 11.4. The molecule has 0 amide bonds. The molecular formula is C40H22N2S. The van der Waals surface area contributed by atoms with Gasteiger partial charge in [0.15, 0.2) is 0 Å². The quantitative estimate of drug-likeness (QED) is 0.196. The Balaban J connectivity index is 1.11. The molecule has 0 atom stereocenters. The van der Waals surface area contributed by atoms with E-state index in [2.05, 4.69) is 127 Å². The topological polar surface area (TPSA) is 25.8 Å². The van der Waals surface area contributed by atoms with Gasteiger partial charge < -0.3 is 0 Å². The molecule has 0 saturated carbocycles. The van der Waals surface area contributed by atoms with E-state index in [1.54, 1.807) is 0 Å². The number of hydrogen-bond donors (Lipinski definition) is 0. The third-order valence-corrected chi connectivity index (χ3v) is 10.2. The molecule has 3 heteroatoms. The van der Waals surface area contributed by atoms with E-state index >= 15 is 0 Å². The minimum Gasteiger partial charge on any atom is -0.252 e. The van der Waals surface area contributed by atoms with Gasteiger partial charge in [0.2, 0.25) is 0 Å². The Morgan fingerprint density at radius 2 is 1.12 bits per heavy atom. The van der Waals surface area contributed by atoms with Crippen molar-refractivity contribution in [3.8, 4) is 22.4 Å². The first-order valence-corrected chi connectivity index (χ1v) is 15.4. The van der Waals surface area contributed by atoms with Gasteiger partial charge in [0, 0.05) is 36.5 Å². The minimum atomic E-state index is 0.888. The van der Waals surface area contributed by atoms with E-state index in [0.717, 1.165) is 33.1 Å². The number of hydrogen-bond acceptors (Lipinski definition) is 3. The van der Waals surface area contributed by atoms with E-state index in [4.69, 9.17) is 9.97 Å². The highest BCUT2D eigenvalue weighted by Crippen LogP contribution is 2.44. The van der Waals surface area contributed by atoms with E-state index in [1.165, 1.54) is 63.6 Å². The van der Waals surface area contributed by atoms with Crippen LogP contribution in [0.1, 0.15) is 0 Å². The van der Waals surface area contributed by atoms with Gasteiger partial charge in [0.25, 0.3) is 0 Å². The van der Waals surface area contributed by atoms with Crippen LogP contribution in [-0.4, -0.2) is 9.97 Å². The van der Waals surface area contributed by atoms with Crippen molar-refractivity contribution in [3.63, 3.8) is 0 Å². The van der Waals surface area contributed by atoms with Gasteiger partial charge in [-0.25, -0.2) is 4.98 Å². The summed E-state index contributed by atoms with van der Waals surface area (Å²) in [5, 5.41) is 12.5. The molecule has 10 rings (SSSR count). The molecule has 10 aromatic rings. The lowest BCUT2D eigenvalue weighted by atomic mass is 9.93. The molecule has 8 aromatic carbocycles. The molecule has 198 valence electrons. The average molecular weight is 563 g/mol. The Hall–Kier alpha value is -5.38. The molecule has 0 saturated heterocycles. The largest absolute Gasteiger partial charge is 0.252 e. The van der Waals surface area contributed by atoms with Gasteiger partial charge in [0.1, 0.15) is 0 Å². The van der Waals surface area contributed by atoms with Gasteiger partial charge in [-0.05, 0) is 67.7 Å². The van der Waals surface area contributed by atoms with Crippen LogP contribution in [0.15, 0.2) is 134 Å². The number of aromatic nitrogens is 2. The Morgan fingerprint density at radius 3 is 1.93 bits per heavy atom. The van der Waals surface area contributed by atoms with E-state index in [-0.39, 0.29) is 0 Å². The summed E-state index contributed by atoms with van der Waals surface area (Å²) in [4.78, 5) is 10.2. The van der Waals surface area contributed by atoms with E-state index < -0.39 is 0 Å². The summed E-state index contributed by atoms with van der Waals surface area (Å²) in [5.74, 6) is 0. The van der Waals surface area contributed by atoms with Crippen LogP contribution in [0.5, 0.6) is 0 Å². The van der Waals surface area contributed by atoms with Crippen molar-refractivity contribution in [1.29, 1.82) is 0 Å². The first kappa shape index (κ1) is 23.2. The summed E-state index contributed by atoms with van der Waals surface area (Å²) in [7, 11) is 0. The van der Waals surface area contributed by atoms with E-state index in [0.29, 0.717) is 0 Å². The van der Waals surface area contributed by atoms with E-state index in [1.807, 2.05) is 17.5 Å². The van der Waals surface area contributed by atoms with Crippen LogP contribution in [0.4, 0.5) is 0 Å². The molecule has 0 aliphatic carbocycles. The molecule has 0 N–H and O–H groups in total. The molecule has 43 heavy (non-hydrogen) atoms. The Morgan fingerprint density at radius 1 is 0.442 bits per heavy atom. The predicted octanol–water partition coefficient (Wildman–Crippen LogP) is 11.4. The molecule has 0 spiro atoms. The summed E-state index contributed by atoms with van der Waals surface area (Å²) in [6, 6.07) is 46.2. The molecule has 0 bridgehead atoms. The summed E-state index contributed by atoms with van der Waals surface area (Å²) < 4.78 is 2.72. The zero-order chi connectivity index (χ0) is 28.1. The van der Waals surface area contributed by atoms with Crippen molar-refractivity contribution in [2.24, 2.45) is 0 Å². The van der Waals surface area contributed by atoms with Crippen LogP contribution in [0.2, 0.25) is 0 Å². The molecule has 0 radical (unpaired) electrons. The highest BCUT2D eigenvalue weighted by molar-refractivity contribution is 7.26. The van der Waals surface area contributed by atoms with E-state index in [9.17, 15) is 0 Å². The number of nitrogens with zero attached hydrogens (tertiary/aromatic N) is 2. The van der Waals surface area contributed by atoms with Gasteiger partial charge in [-0.15, -0.1) is 11.3 Å². The van der Waals surface area contributed by atoms with Gasteiger partial charge in [0.05, 0.1) is 22.9 Å². The van der Waals surface area contributed by atoms with Crippen molar-refractivity contribution >= 4 is 85.6 Å². The van der Waals surface area contributed by atoms with Crippen molar-refractivity contribution in [3.05, 3.63) is 134 Å². The first-order chi connectivity index (χ1) is 21.3. The Kier molecular flexibility index (Phi) is 4.63. The van der Waals surface area contributed by atoms with Crippen molar-refractivity contribution < 1.29 is 0 Å². The van der Waals surface area contributed by atoms with Gasteiger partial charge in [-0.3, -0.25) is 4.98 Å². The summed E-state index contributed by atoms with van der Waals surface area (Å²) in [5.41, 5.74) is 6.38. The third-order valence-electron chi connectivity index (χ3n) is 9.04. The molecule has 2 heterocycles. The number of fused-ring (bicyclic) bond motifs is 7. The number of benzene rings is 8. The second-order valence-corrected chi connectivity index (χ2v) is 12.5. The fourth-order valence-electron chi connectivity index (χ4n) is 7.03. The van der Waals surface area contributed by atoms with Crippen molar-refractivity contribution in [2.45, 2.75) is 0 Å². The van der Waals surface area contributed by atoms with Gasteiger partial charge in [-0.1, -0.05) is 103 Å². The lowest BCUT2D eigenvalue weighted by Crippen LogP contribution is -1.92. The summed E-state index contributed by atoms with van der Waals surface area (Å²) >= 11 is 1.89. The van der Waals surface area contributed by atoms with Crippen molar-refractivity contribution in [1.82, 2.24) is 9.97 Å². The highest BCUT2D eigenvalue weighted by Gasteiger charge is 2.15. The zero-order valence-electron chi connectivity index (χ0n) is 23.0. The zero-order valence-corrected chi connectivity index (χ0v) is 23.8. The minimum absolute atomic E-state index is 0.888. The standard InChI is InChI=1S/C40H22N2S/c1-3-9-32-29(7-1)30-8-2-4-10-33(30)40-39(32)41-22-34(42-40)27-15-13-24-20-26(14-12-25(24)21-27)28-18-19-36-38-31(28)17-16-23-6-5-11-35(43-36)37(23)38/h1-22H. The normalized spacial score (nSPS) is 12.2. The lowest BCUT2D eigenvalue weighted by molar-refractivity contribution is 1.31. The maximum atomic E-state index is 5.20. The highest BCUT2D eigenvalue weighted by atomic mass is 32.1. The monoisotopic (exact) mass is 562 g/mol. The molecule has 2 nitrogen and oxygen atoms in total. The molecule has 2 aromatic heterocycles. The van der Waals surface area contributed by atoms with Crippen LogP contribution in [-0.2, 0) is 0 Å². The summed E-state index contributed by atoms with van der Waals surface area (Å²) in [6.45, 7) is 0. The predicted molar refractivity (Wildman–Crippen MR) is 185 cm³/mol. The van der Waals surface area contributed by atoms with Gasteiger partial charge in [-0.2, -0.15) is 0 Å². The van der Waals surface area contributed by atoms with Crippen LogP contribution >= 0.6 is 11.3 Å². The number of rotatable bonds is 2. The first-order valence-electron chi connectivity index (χ1n) is 14.6. The number of thiophene rings is 1. The third kappa shape index (κ3) is 3.28. The van der Waals surface area contributed by atoms with Crippen LogP contribution in [0.3, 0.4) is 0 Å². The second kappa shape index (κ2) is 8.57. The summed E-state index contributed by atoms with van der Waals surface area (Å²) in [6.07, 6.45) is 1.92. The fourth-order valence-corrected chi connectivity index (χ4v) is 8.19. The van der Waals surface area contributed by atoms with Crippen LogP contribution < -0.4 is 0 Å². The Bertz CT molecular complexity index is 2700. The molecule has 0 aliphatic heterocycles. The SMILES string of the molecule is c1cc2ccc3c(-c4ccc5cc(-c6cnc7c8ccccc8c8ccccc8c7n6)ccc5c4)ccc4sc(c1)c2c43. The lowest BCUT2D eigenvalue weighted by Gasteiger charge is -2.12. The fraction of sp³-hybridized carbons (Fsp3) is 0. The maximum absolute atomic E-state index is 5.20. The van der Waals surface area contributed by atoms with Crippen molar-refractivity contribution in [2.75, 3.05) is 0 Å². The average Bonchev–Trinajstić information content (AvgIpc) is 3.47. The van der Waals surface area contributed by atoms with Crippen LogP contribution in [0.25, 0.3) is 96.7 Å². The Labute approximate surface area is 250 Å². The van der Waals surface area contributed by atoms with Crippen LogP contribution in [0, 0.1) is 0 Å². The maximum Gasteiger partial charge on any atom is 0.0979 e. The molecule has 0 fully saturated rings. The smallest absolute Gasteiger partial charge is 0.0979 e. The molecule has 0 aliphatic rings.